The van der Waals surface area contributed by atoms with Crippen molar-refractivity contribution < 1.29 is 4.79 Å². The van der Waals surface area contributed by atoms with Gasteiger partial charge in [-0.05, 0) is 50.9 Å². The molecule has 132 valence electrons. The molecule has 1 saturated heterocycles. The number of carbonyl (C=O) groups is 1. The highest BCUT2D eigenvalue weighted by Gasteiger charge is 2.17. The van der Waals surface area contributed by atoms with Crippen LogP contribution in [0, 0.1) is 5.92 Å². The zero-order valence-electron chi connectivity index (χ0n) is 13.7. The van der Waals surface area contributed by atoms with Crippen LogP contribution in [0.5, 0.6) is 0 Å². The number of nitrogens with two attached hydrogens (primary N) is 1. The number of benzene rings is 1. The van der Waals surface area contributed by atoms with E-state index in [4.69, 9.17) is 5.73 Å². The summed E-state index contributed by atoms with van der Waals surface area (Å²) in [5.74, 6) is 0.809. The third kappa shape index (κ3) is 8.02. The van der Waals surface area contributed by atoms with Crippen LogP contribution in [-0.4, -0.2) is 37.5 Å². The van der Waals surface area contributed by atoms with Crippen molar-refractivity contribution in [2.24, 2.45) is 11.7 Å². The smallest absolute Gasteiger partial charge is 0.221 e. The van der Waals surface area contributed by atoms with Gasteiger partial charge in [-0.3, -0.25) is 4.79 Å². The molecule has 3 N–H and O–H groups in total. The van der Waals surface area contributed by atoms with Crippen LogP contribution >= 0.6 is 24.8 Å². The highest BCUT2D eigenvalue weighted by Crippen LogP contribution is 2.19. The number of likely N-dealkylation sites (tertiary alicyclic amines) is 1. The van der Waals surface area contributed by atoms with Gasteiger partial charge in [-0.1, -0.05) is 30.3 Å². The molecule has 1 atom stereocenters. The first-order valence-corrected chi connectivity index (χ1v) is 7.91. The minimum Gasteiger partial charge on any atom is -0.356 e. The molecule has 6 heteroatoms. The predicted octanol–water partition coefficient (Wildman–Crippen LogP) is 2.77. The maximum absolute atomic E-state index is 11.9. The monoisotopic (exact) mass is 361 g/mol. The number of carbonyl (C=O) groups excluding carboxylic acids is 1. The second kappa shape index (κ2) is 11.7. The molecule has 0 saturated carbocycles. The van der Waals surface area contributed by atoms with Crippen LogP contribution in [0.1, 0.15) is 37.3 Å². The topological polar surface area (TPSA) is 58.4 Å². The highest BCUT2D eigenvalue weighted by atomic mass is 35.5. The normalized spacial score (nSPS) is 16.8. The Hall–Kier alpha value is -0.810. The molecule has 0 radical (unpaired) electrons. The molecule has 4 nitrogen and oxygen atoms in total. The van der Waals surface area contributed by atoms with Gasteiger partial charge in [-0.25, -0.2) is 0 Å². The third-order valence-electron chi connectivity index (χ3n) is 4.35. The van der Waals surface area contributed by atoms with Crippen molar-refractivity contribution in [1.82, 2.24) is 10.2 Å². The SMILES string of the molecule is CN1CCC(CCNC(=O)CC(N)c2ccccc2)CC1.Cl.Cl. The lowest BCUT2D eigenvalue weighted by Gasteiger charge is -2.28. The number of amides is 1. The number of hydrogen-bond donors (Lipinski definition) is 2. The largest absolute Gasteiger partial charge is 0.356 e. The van der Waals surface area contributed by atoms with Crippen molar-refractivity contribution in [3.63, 3.8) is 0 Å². The van der Waals surface area contributed by atoms with Gasteiger partial charge in [0, 0.05) is 19.0 Å². The van der Waals surface area contributed by atoms with E-state index in [1.54, 1.807) is 0 Å². The van der Waals surface area contributed by atoms with Gasteiger partial charge in [-0.2, -0.15) is 0 Å². The Kier molecular flexibility index (Phi) is 11.3. The van der Waals surface area contributed by atoms with E-state index in [1.165, 1.54) is 25.9 Å². The molecule has 1 heterocycles. The highest BCUT2D eigenvalue weighted by molar-refractivity contribution is 5.85. The first-order valence-electron chi connectivity index (χ1n) is 7.91. The van der Waals surface area contributed by atoms with Gasteiger partial charge in [0.25, 0.3) is 0 Å². The number of nitrogens with one attached hydrogen (secondary N) is 1. The Balaban J connectivity index is 0.00000242. The fourth-order valence-electron chi connectivity index (χ4n) is 2.86. The molecule has 1 aliphatic rings. The quantitative estimate of drug-likeness (QED) is 0.818. The van der Waals surface area contributed by atoms with E-state index in [-0.39, 0.29) is 36.8 Å². The molecule has 1 aromatic carbocycles. The van der Waals surface area contributed by atoms with Crippen molar-refractivity contribution in [3.8, 4) is 0 Å². The summed E-state index contributed by atoms with van der Waals surface area (Å²) in [6.07, 6.45) is 3.93. The Morgan fingerprint density at radius 1 is 1.26 bits per heavy atom. The molecule has 1 amide bonds. The van der Waals surface area contributed by atoms with Crippen LogP contribution in [0.15, 0.2) is 30.3 Å². The summed E-state index contributed by atoms with van der Waals surface area (Å²) in [7, 11) is 2.17. The molecule has 0 aromatic heterocycles. The Morgan fingerprint density at radius 3 is 2.48 bits per heavy atom. The Labute approximate surface area is 152 Å². The van der Waals surface area contributed by atoms with E-state index in [1.807, 2.05) is 30.3 Å². The summed E-state index contributed by atoms with van der Waals surface area (Å²) < 4.78 is 0. The van der Waals surface area contributed by atoms with Crippen LogP contribution in [0.2, 0.25) is 0 Å². The van der Waals surface area contributed by atoms with E-state index in [0.717, 1.165) is 24.4 Å². The molecule has 0 aliphatic carbocycles. The first-order chi connectivity index (χ1) is 10.1. The lowest BCUT2D eigenvalue weighted by Crippen LogP contribution is -2.33. The predicted molar refractivity (Wildman–Crippen MR) is 100 cm³/mol. The first kappa shape index (κ1) is 22.2. The van der Waals surface area contributed by atoms with Gasteiger partial charge in [0.1, 0.15) is 0 Å². The van der Waals surface area contributed by atoms with Gasteiger partial charge in [0.2, 0.25) is 5.91 Å². The standard InChI is InChI=1S/C17H27N3O.2ClH/c1-20-11-8-14(9-12-20)7-10-19-17(21)13-16(18)15-5-3-2-4-6-15;;/h2-6,14,16H,7-13,18H2,1H3,(H,19,21);2*1H. The van der Waals surface area contributed by atoms with Crippen LogP contribution < -0.4 is 11.1 Å². The zero-order valence-corrected chi connectivity index (χ0v) is 15.4. The van der Waals surface area contributed by atoms with E-state index in [9.17, 15) is 4.79 Å². The summed E-state index contributed by atoms with van der Waals surface area (Å²) in [6.45, 7) is 3.13. The summed E-state index contributed by atoms with van der Waals surface area (Å²) in [5, 5.41) is 3.01. The summed E-state index contributed by atoms with van der Waals surface area (Å²) in [4.78, 5) is 14.3. The molecular weight excluding hydrogens is 333 g/mol. The van der Waals surface area contributed by atoms with Crippen molar-refractivity contribution in [2.45, 2.75) is 31.7 Å². The van der Waals surface area contributed by atoms with E-state index < -0.39 is 0 Å². The van der Waals surface area contributed by atoms with E-state index >= 15 is 0 Å². The molecule has 0 bridgehead atoms. The summed E-state index contributed by atoms with van der Waals surface area (Å²) >= 11 is 0. The van der Waals surface area contributed by atoms with Crippen LogP contribution in [0.3, 0.4) is 0 Å². The summed E-state index contributed by atoms with van der Waals surface area (Å²) in [6, 6.07) is 9.58. The molecule has 1 unspecified atom stereocenters. The van der Waals surface area contributed by atoms with Crippen molar-refractivity contribution in [1.29, 1.82) is 0 Å². The van der Waals surface area contributed by atoms with Gasteiger partial charge in [0.15, 0.2) is 0 Å². The van der Waals surface area contributed by atoms with E-state index in [2.05, 4.69) is 17.3 Å². The third-order valence-corrected chi connectivity index (χ3v) is 4.35. The lowest BCUT2D eigenvalue weighted by atomic mass is 9.94. The average molecular weight is 362 g/mol. The van der Waals surface area contributed by atoms with Gasteiger partial charge in [0.05, 0.1) is 0 Å². The average Bonchev–Trinajstić information content (AvgIpc) is 2.50. The van der Waals surface area contributed by atoms with Crippen LogP contribution in [-0.2, 0) is 4.79 Å². The lowest BCUT2D eigenvalue weighted by molar-refractivity contribution is -0.121. The summed E-state index contributed by atoms with van der Waals surface area (Å²) in [5.41, 5.74) is 7.08. The second-order valence-electron chi connectivity index (χ2n) is 6.11. The van der Waals surface area contributed by atoms with Crippen molar-refractivity contribution in [2.75, 3.05) is 26.7 Å². The Bertz CT molecular complexity index is 437. The van der Waals surface area contributed by atoms with Crippen molar-refractivity contribution >= 4 is 30.7 Å². The molecule has 23 heavy (non-hydrogen) atoms. The Morgan fingerprint density at radius 2 is 1.87 bits per heavy atom. The molecule has 1 aliphatic heterocycles. The fourth-order valence-corrected chi connectivity index (χ4v) is 2.86. The van der Waals surface area contributed by atoms with Gasteiger partial charge in [-0.15, -0.1) is 24.8 Å². The van der Waals surface area contributed by atoms with Crippen LogP contribution in [0.4, 0.5) is 0 Å². The molecule has 2 rings (SSSR count). The molecule has 1 fully saturated rings. The molecular formula is C17H29Cl2N3O. The number of piperidine rings is 1. The second-order valence-corrected chi connectivity index (χ2v) is 6.11. The number of hydrogen-bond acceptors (Lipinski definition) is 3. The molecule has 1 aromatic rings. The maximum atomic E-state index is 11.9. The zero-order chi connectivity index (χ0) is 15.1. The molecule has 0 spiro atoms. The minimum atomic E-state index is -0.213. The number of halogens is 2. The van der Waals surface area contributed by atoms with Gasteiger partial charge >= 0.3 is 0 Å². The minimum absolute atomic E-state index is 0. The van der Waals surface area contributed by atoms with Gasteiger partial charge < -0.3 is 16.0 Å². The van der Waals surface area contributed by atoms with E-state index in [0.29, 0.717) is 6.42 Å². The fraction of sp³-hybridized carbons (Fsp3) is 0.588. The number of rotatable bonds is 6. The van der Waals surface area contributed by atoms with Crippen molar-refractivity contribution in [3.05, 3.63) is 35.9 Å². The van der Waals surface area contributed by atoms with Crippen LogP contribution in [0.25, 0.3) is 0 Å². The maximum Gasteiger partial charge on any atom is 0.221 e. The number of nitrogens with zero attached hydrogens (tertiary/aromatic N) is 1.